The highest BCUT2D eigenvalue weighted by Gasteiger charge is 2.38. The zero-order valence-corrected chi connectivity index (χ0v) is 31.0. The van der Waals surface area contributed by atoms with Crippen LogP contribution < -0.4 is 25.4 Å². The largest absolute Gasteiger partial charge is 0.573 e. The topological polar surface area (TPSA) is 155 Å². The van der Waals surface area contributed by atoms with Crippen molar-refractivity contribution in [3.8, 4) is 11.5 Å². The summed E-state index contributed by atoms with van der Waals surface area (Å²) >= 11 is 3.38. The van der Waals surface area contributed by atoms with Crippen LogP contribution >= 0.6 is 15.9 Å². The van der Waals surface area contributed by atoms with Gasteiger partial charge in [-0.25, -0.2) is 9.18 Å². The highest BCUT2D eigenvalue weighted by atomic mass is 79.9. The number of rotatable bonds is 13. The summed E-state index contributed by atoms with van der Waals surface area (Å²) in [5.74, 6) is -3.47. The van der Waals surface area contributed by atoms with E-state index in [9.17, 15) is 42.2 Å². The molecule has 5 N–H and O–H groups in total. The first-order valence-corrected chi connectivity index (χ1v) is 17.4. The third-order valence-corrected chi connectivity index (χ3v) is 9.18. The summed E-state index contributed by atoms with van der Waals surface area (Å²) < 4.78 is 68.5. The van der Waals surface area contributed by atoms with Crippen molar-refractivity contribution in [1.82, 2.24) is 16.0 Å². The van der Waals surface area contributed by atoms with Gasteiger partial charge in [-0.1, -0.05) is 61.0 Å². The van der Waals surface area contributed by atoms with Crippen LogP contribution in [0.4, 0.5) is 22.4 Å². The molecule has 4 rings (SSSR count). The first kappa shape index (κ1) is 41.3. The van der Waals surface area contributed by atoms with Crippen LogP contribution in [0.2, 0.25) is 0 Å². The molecule has 0 saturated heterocycles. The van der Waals surface area contributed by atoms with Gasteiger partial charge >= 0.3 is 12.5 Å². The normalized spacial score (nSPS) is 17.9. The van der Waals surface area contributed by atoms with E-state index in [1.165, 1.54) is 18.2 Å². The molecular weight excluding hydrogens is 770 g/mol. The summed E-state index contributed by atoms with van der Waals surface area (Å²) in [5.41, 5.74) is 0.315. The minimum atomic E-state index is -4.97. The van der Waals surface area contributed by atoms with E-state index in [2.05, 4.69) is 36.6 Å². The van der Waals surface area contributed by atoms with E-state index in [0.29, 0.717) is 5.56 Å². The van der Waals surface area contributed by atoms with Crippen LogP contribution in [0.3, 0.4) is 0 Å². The second kappa shape index (κ2) is 17.6. The molecule has 53 heavy (non-hydrogen) atoms. The molecule has 3 amide bonds. The summed E-state index contributed by atoms with van der Waals surface area (Å²) in [7, 11) is 1.15. The molecule has 6 unspecified atom stereocenters. The zero-order chi connectivity index (χ0) is 39.1. The van der Waals surface area contributed by atoms with Crippen LogP contribution in [0.5, 0.6) is 11.5 Å². The van der Waals surface area contributed by atoms with E-state index in [1.54, 1.807) is 45.0 Å². The van der Waals surface area contributed by atoms with Gasteiger partial charge in [0, 0.05) is 16.0 Å². The molecule has 1 aliphatic rings. The fourth-order valence-corrected chi connectivity index (χ4v) is 6.25. The Morgan fingerprint density at radius 1 is 0.962 bits per heavy atom. The highest BCUT2D eigenvalue weighted by Crippen LogP contribution is 2.34. The fraction of sp³-hybridized carbons (Fsp3) is 0.432. The number of hydrogen-bond acceptors (Lipinski definition) is 8. The van der Waals surface area contributed by atoms with Crippen molar-refractivity contribution in [1.29, 1.82) is 0 Å². The molecule has 0 saturated carbocycles. The molecule has 1 aliphatic heterocycles. The van der Waals surface area contributed by atoms with Crippen molar-refractivity contribution < 1.29 is 56.4 Å². The van der Waals surface area contributed by atoms with Gasteiger partial charge in [0.25, 0.3) is 0 Å². The number of alkyl carbamates (subject to hydrolysis) is 1. The average molecular weight is 813 g/mol. The maximum Gasteiger partial charge on any atom is 0.573 e. The molecule has 1 heterocycles. The molecular formula is C37H42BrF4N3O8. The third-order valence-electron chi connectivity index (χ3n) is 8.65. The van der Waals surface area contributed by atoms with Crippen molar-refractivity contribution in [3.63, 3.8) is 0 Å². The van der Waals surface area contributed by atoms with Crippen molar-refractivity contribution in [2.75, 3.05) is 13.7 Å². The molecule has 3 aromatic rings. The molecule has 0 spiro atoms. The van der Waals surface area contributed by atoms with Crippen molar-refractivity contribution in [2.45, 2.75) is 76.7 Å². The molecule has 288 valence electrons. The Morgan fingerprint density at radius 3 is 2.30 bits per heavy atom. The molecule has 0 bridgehead atoms. The summed E-state index contributed by atoms with van der Waals surface area (Å²) in [4.78, 5) is 40.0. The zero-order valence-electron chi connectivity index (χ0n) is 29.4. The van der Waals surface area contributed by atoms with Crippen LogP contribution in [0.25, 0.3) is 0 Å². The standard InChI is InChI=1S/C37H42BrF4N3O8/c1-36(2,3)32(45-35(50)51-4)34(49)43-27(16-20-8-10-23(38)11-9-20)28(46)17-22(14-21-6-5-7-25(15-21)53-37(40,41)42)33(48)44-31-26-18-24(39)12-13-30(26)52-19-29(31)47/h5-13,15,18,22,27-29,31-32,46-47H,14,16-17,19H2,1-4H3,(H,43,49)(H,44,48)(H,45,50). The van der Waals surface area contributed by atoms with Crippen LogP contribution in [0.15, 0.2) is 71.2 Å². The van der Waals surface area contributed by atoms with E-state index in [1.807, 2.05) is 0 Å². The first-order valence-electron chi connectivity index (χ1n) is 16.7. The maximum absolute atomic E-state index is 14.3. The number of carbonyl (C=O) groups is 3. The Labute approximate surface area is 312 Å². The van der Waals surface area contributed by atoms with E-state index >= 15 is 0 Å². The van der Waals surface area contributed by atoms with Gasteiger partial charge in [0.2, 0.25) is 11.8 Å². The predicted molar refractivity (Wildman–Crippen MR) is 188 cm³/mol. The van der Waals surface area contributed by atoms with E-state index < -0.39 is 77.5 Å². The second-order valence-corrected chi connectivity index (χ2v) is 14.7. The fourth-order valence-electron chi connectivity index (χ4n) is 5.99. The number of methoxy groups -OCH3 is 1. The molecule has 0 aromatic heterocycles. The van der Waals surface area contributed by atoms with Crippen molar-refractivity contribution >= 4 is 33.8 Å². The first-order chi connectivity index (χ1) is 24.8. The number of aliphatic hydroxyl groups excluding tert-OH is 2. The van der Waals surface area contributed by atoms with Crippen LogP contribution in [0, 0.1) is 17.2 Å². The van der Waals surface area contributed by atoms with Gasteiger partial charge in [0.15, 0.2) is 0 Å². The third kappa shape index (κ3) is 12.1. The number of ether oxygens (including phenoxy) is 3. The molecule has 0 fully saturated rings. The molecule has 0 aliphatic carbocycles. The highest BCUT2D eigenvalue weighted by molar-refractivity contribution is 9.10. The average Bonchev–Trinajstić information content (AvgIpc) is 3.07. The SMILES string of the molecule is COC(=O)NC(C(=O)NC(Cc1ccc(Br)cc1)C(O)CC(Cc1cccc(OC(F)(F)F)c1)C(=O)NC1c2cc(F)ccc2OCC1O)C(C)(C)C. The monoisotopic (exact) mass is 811 g/mol. The van der Waals surface area contributed by atoms with E-state index in [4.69, 9.17) is 9.47 Å². The maximum atomic E-state index is 14.3. The van der Waals surface area contributed by atoms with E-state index in [-0.39, 0.29) is 42.7 Å². The number of nitrogens with one attached hydrogen (secondary N) is 3. The number of halogens is 5. The number of amides is 3. The lowest BCUT2D eigenvalue weighted by molar-refractivity contribution is -0.274. The molecule has 6 atom stereocenters. The van der Waals surface area contributed by atoms with Crippen molar-refractivity contribution in [2.24, 2.45) is 11.3 Å². The minimum absolute atomic E-state index is 0.0733. The number of carbonyl (C=O) groups excluding carboxylic acids is 3. The summed E-state index contributed by atoms with van der Waals surface area (Å²) in [5, 5.41) is 30.7. The number of hydrogen-bond donors (Lipinski definition) is 5. The van der Waals surface area contributed by atoms with Gasteiger partial charge in [-0.3, -0.25) is 9.59 Å². The molecule has 11 nitrogen and oxygen atoms in total. The Kier molecular flexibility index (Phi) is 13.7. The number of aliphatic hydroxyl groups is 2. The van der Waals surface area contributed by atoms with E-state index in [0.717, 1.165) is 35.8 Å². The minimum Gasteiger partial charge on any atom is -0.490 e. The van der Waals surface area contributed by atoms with Crippen LogP contribution in [0.1, 0.15) is 49.9 Å². The summed E-state index contributed by atoms with van der Waals surface area (Å²) in [6, 6.07) is 12.4. The van der Waals surface area contributed by atoms with Crippen molar-refractivity contribution in [3.05, 3.63) is 93.7 Å². The lowest BCUT2D eigenvalue weighted by atomic mass is 9.85. The van der Waals surface area contributed by atoms with Gasteiger partial charge in [0.1, 0.15) is 36.1 Å². The quantitative estimate of drug-likeness (QED) is 0.142. The molecule has 3 aromatic carbocycles. The second-order valence-electron chi connectivity index (χ2n) is 13.8. The molecule has 0 radical (unpaired) electrons. The van der Waals surface area contributed by atoms with Gasteiger partial charge in [0.05, 0.1) is 25.3 Å². The van der Waals surface area contributed by atoms with Crippen LogP contribution in [-0.4, -0.2) is 72.5 Å². The Bertz CT molecular complexity index is 1740. The van der Waals surface area contributed by atoms with Gasteiger partial charge < -0.3 is 40.4 Å². The molecule has 16 heteroatoms. The van der Waals surface area contributed by atoms with Crippen LogP contribution in [-0.2, 0) is 27.2 Å². The summed E-state index contributed by atoms with van der Waals surface area (Å²) in [6.45, 7) is 4.95. The predicted octanol–water partition coefficient (Wildman–Crippen LogP) is 5.51. The summed E-state index contributed by atoms with van der Waals surface area (Å²) in [6.07, 6.45) is -9.03. The Balaban J connectivity index is 1.68. The lowest BCUT2D eigenvalue weighted by Gasteiger charge is -2.34. The number of benzene rings is 3. The Morgan fingerprint density at radius 2 is 1.66 bits per heavy atom. The van der Waals surface area contributed by atoms with Gasteiger partial charge in [-0.15, -0.1) is 13.2 Å². The Hall–Kier alpha value is -4.41. The van der Waals surface area contributed by atoms with Gasteiger partial charge in [-0.05, 0) is 78.3 Å². The lowest BCUT2D eigenvalue weighted by Crippen LogP contribution is -2.57. The number of fused-ring (bicyclic) bond motifs is 1. The van der Waals surface area contributed by atoms with Gasteiger partial charge in [-0.2, -0.15) is 0 Å². The smallest absolute Gasteiger partial charge is 0.490 e. The number of alkyl halides is 3.